The summed E-state index contributed by atoms with van der Waals surface area (Å²) < 4.78 is 33.3. The van der Waals surface area contributed by atoms with E-state index in [0.29, 0.717) is 30.6 Å². The predicted octanol–water partition coefficient (Wildman–Crippen LogP) is 3.68. The molecule has 2 fully saturated rings. The number of piperidine rings is 1. The molecule has 1 heterocycles. The molecule has 0 unspecified atom stereocenters. The minimum Gasteiger partial charge on any atom is -0.497 e. The number of amides is 1. The van der Waals surface area contributed by atoms with Crippen molar-refractivity contribution in [3.8, 4) is 5.75 Å². The van der Waals surface area contributed by atoms with Crippen LogP contribution in [-0.4, -0.2) is 48.1 Å². The van der Waals surface area contributed by atoms with E-state index in [1.807, 2.05) is 12.1 Å². The van der Waals surface area contributed by atoms with Crippen molar-refractivity contribution >= 4 is 11.6 Å². The number of methoxy groups -OCH3 is 1. The number of hydrogen-bond acceptors (Lipinski definition) is 5. The second kappa shape index (κ2) is 9.88. The molecular weight excluding hydrogens is 440 g/mol. The van der Waals surface area contributed by atoms with Crippen LogP contribution in [0.4, 0.5) is 14.5 Å². The second-order valence-electron chi connectivity index (χ2n) is 9.57. The third-order valence-electron chi connectivity index (χ3n) is 7.11. The number of carbonyl (C=O) groups is 1. The highest BCUT2D eigenvalue weighted by molar-refractivity contribution is 5.87. The number of nitrogen functional groups attached to an aromatic ring is 1. The number of aliphatic hydroxyl groups is 1. The Kier molecular flexibility index (Phi) is 7.09. The SMILES string of the molecule is COc1cc(N)cc(CN2CCC(NC(=O)[C@](O)(c3ccccc3)[C@@H]3CCC(F)(F)C3)CC2)c1. The maximum absolute atomic E-state index is 14.0. The number of hydrogen-bond donors (Lipinski definition) is 3. The van der Waals surface area contributed by atoms with Crippen LogP contribution in [0.3, 0.4) is 0 Å². The van der Waals surface area contributed by atoms with Crippen molar-refractivity contribution < 1.29 is 23.4 Å². The number of nitrogens with zero attached hydrogens (tertiary/aromatic N) is 1. The number of alkyl halides is 2. The molecule has 8 heteroatoms. The zero-order chi connectivity index (χ0) is 24.3. The fraction of sp³-hybridized carbons (Fsp3) is 0.500. The molecule has 2 aromatic rings. The van der Waals surface area contributed by atoms with Gasteiger partial charge in [0.2, 0.25) is 5.92 Å². The van der Waals surface area contributed by atoms with E-state index >= 15 is 0 Å². The molecule has 4 rings (SSSR count). The topological polar surface area (TPSA) is 87.8 Å². The number of ether oxygens (including phenoxy) is 1. The largest absolute Gasteiger partial charge is 0.497 e. The minimum absolute atomic E-state index is 0.105. The van der Waals surface area contributed by atoms with Crippen LogP contribution < -0.4 is 15.8 Å². The number of nitrogens with two attached hydrogens (primary N) is 1. The van der Waals surface area contributed by atoms with E-state index in [2.05, 4.69) is 10.2 Å². The van der Waals surface area contributed by atoms with Crippen molar-refractivity contribution in [3.63, 3.8) is 0 Å². The van der Waals surface area contributed by atoms with Crippen LogP contribution in [0.1, 0.15) is 43.2 Å². The Hall–Kier alpha value is -2.71. The zero-order valence-corrected chi connectivity index (χ0v) is 19.5. The molecule has 4 N–H and O–H groups in total. The lowest BCUT2D eigenvalue weighted by Crippen LogP contribution is -2.54. The molecule has 2 aliphatic rings. The first-order chi connectivity index (χ1) is 16.2. The molecule has 2 atom stereocenters. The van der Waals surface area contributed by atoms with Gasteiger partial charge in [-0.25, -0.2) is 8.78 Å². The first kappa shape index (κ1) is 24.4. The number of likely N-dealkylation sites (tertiary alicyclic amines) is 1. The van der Waals surface area contributed by atoms with Gasteiger partial charge in [0.15, 0.2) is 5.60 Å². The van der Waals surface area contributed by atoms with Crippen LogP contribution in [0.5, 0.6) is 5.75 Å². The summed E-state index contributed by atoms with van der Waals surface area (Å²) in [5, 5.41) is 14.5. The first-order valence-electron chi connectivity index (χ1n) is 11.8. The molecule has 1 aliphatic carbocycles. The third kappa shape index (κ3) is 5.33. The zero-order valence-electron chi connectivity index (χ0n) is 19.5. The van der Waals surface area contributed by atoms with Crippen LogP contribution >= 0.6 is 0 Å². The second-order valence-corrected chi connectivity index (χ2v) is 9.57. The van der Waals surface area contributed by atoms with E-state index in [0.717, 1.165) is 24.4 Å². The van der Waals surface area contributed by atoms with E-state index in [9.17, 15) is 18.7 Å². The average molecular weight is 474 g/mol. The maximum atomic E-state index is 14.0. The van der Waals surface area contributed by atoms with Crippen molar-refractivity contribution in [1.29, 1.82) is 0 Å². The molecule has 1 saturated carbocycles. The van der Waals surface area contributed by atoms with Gasteiger partial charge in [-0.15, -0.1) is 0 Å². The number of rotatable bonds is 7. The fourth-order valence-corrected chi connectivity index (χ4v) is 5.24. The van der Waals surface area contributed by atoms with E-state index in [-0.39, 0.29) is 18.9 Å². The highest BCUT2D eigenvalue weighted by Crippen LogP contribution is 2.47. The standard InChI is InChI=1S/C26H33F2N3O3/c1-34-23-14-18(13-21(29)15-23)17-31-11-8-22(9-12-31)30-24(32)26(33,19-5-3-2-4-6-19)20-7-10-25(27,28)16-20/h2-6,13-15,20,22,33H,7-12,16-17,29H2,1H3,(H,30,32)/t20-,26+/m1/s1. The summed E-state index contributed by atoms with van der Waals surface area (Å²) in [4.78, 5) is 15.6. The van der Waals surface area contributed by atoms with E-state index in [4.69, 9.17) is 10.5 Å². The van der Waals surface area contributed by atoms with Gasteiger partial charge in [-0.3, -0.25) is 9.69 Å². The molecule has 2 aromatic carbocycles. The van der Waals surface area contributed by atoms with Gasteiger partial charge in [-0.2, -0.15) is 0 Å². The average Bonchev–Trinajstić information content (AvgIpc) is 3.20. The predicted molar refractivity (Wildman–Crippen MR) is 126 cm³/mol. The van der Waals surface area contributed by atoms with Gasteiger partial charge >= 0.3 is 0 Å². The Bertz CT molecular complexity index is 996. The Morgan fingerprint density at radius 2 is 1.91 bits per heavy atom. The summed E-state index contributed by atoms with van der Waals surface area (Å²) >= 11 is 0. The summed E-state index contributed by atoms with van der Waals surface area (Å²) in [7, 11) is 1.61. The molecule has 1 amide bonds. The van der Waals surface area contributed by atoms with Gasteiger partial charge in [0.25, 0.3) is 5.91 Å². The monoisotopic (exact) mass is 473 g/mol. The van der Waals surface area contributed by atoms with Gasteiger partial charge in [0, 0.05) is 56.2 Å². The summed E-state index contributed by atoms with van der Waals surface area (Å²) in [6.07, 6.45) is 0.711. The van der Waals surface area contributed by atoms with E-state index in [1.165, 1.54) is 0 Å². The van der Waals surface area contributed by atoms with Crippen LogP contribution in [-0.2, 0) is 16.9 Å². The Balaban J connectivity index is 1.40. The van der Waals surface area contributed by atoms with Crippen molar-refractivity contribution in [2.24, 2.45) is 5.92 Å². The molecule has 0 spiro atoms. The van der Waals surface area contributed by atoms with Crippen molar-refractivity contribution in [2.75, 3.05) is 25.9 Å². The van der Waals surface area contributed by atoms with Crippen LogP contribution in [0, 0.1) is 5.92 Å². The summed E-state index contributed by atoms with van der Waals surface area (Å²) in [6, 6.07) is 14.0. The molecular formula is C26H33F2N3O3. The quantitative estimate of drug-likeness (QED) is 0.534. The highest BCUT2D eigenvalue weighted by atomic mass is 19.3. The Labute approximate surface area is 199 Å². The van der Waals surface area contributed by atoms with Crippen LogP contribution in [0.15, 0.2) is 48.5 Å². The summed E-state index contributed by atoms with van der Waals surface area (Å²) in [6.45, 7) is 2.23. The lowest BCUT2D eigenvalue weighted by Gasteiger charge is -2.37. The molecule has 1 aliphatic heterocycles. The third-order valence-corrected chi connectivity index (χ3v) is 7.11. The maximum Gasteiger partial charge on any atom is 0.257 e. The number of carbonyl (C=O) groups excluding carboxylic acids is 1. The van der Waals surface area contributed by atoms with E-state index in [1.54, 1.807) is 43.5 Å². The summed E-state index contributed by atoms with van der Waals surface area (Å²) in [5.74, 6) is -3.55. The molecule has 6 nitrogen and oxygen atoms in total. The molecule has 1 saturated heterocycles. The fourth-order valence-electron chi connectivity index (χ4n) is 5.24. The van der Waals surface area contributed by atoms with Crippen molar-refractivity contribution in [3.05, 3.63) is 59.7 Å². The molecule has 184 valence electrons. The first-order valence-corrected chi connectivity index (χ1v) is 11.8. The number of nitrogens with one attached hydrogen (secondary N) is 1. The molecule has 34 heavy (non-hydrogen) atoms. The Morgan fingerprint density at radius 3 is 2.53 bits per heavy atom. The molecule has 0 bridgehead atoms. The van der Waals surface area contributed by atoms with Crippen molar-refractivity contribution in [1.82, 2.24) is 10.2 Å². The van der Waals surface area contributed by atoms with Gasteiger partial charge < -0.3 is 20.9 Å². The number of benzene rings is 2. The molecule has 0 aromatic heterocycles. The van der Waals surface area contributed by atoms with Crippen molar-refractivity contribution in [2.45, 2.75) is 56.2 Å². The number of halogens is 2. The van der Waals surface area contributed by atoms with Gasteiger partial charge in [0.1, 0.15) is 5.75 Å². The van der Waals surface area contributed by atoms with Gasteiger partial charge in [0.05, 0.1) is 7.11 Å². The van der Waals surface area contributed by atoms with Crippen LogP contribution in [0.25, 0.3) is 0 Å². The number of anilines is 1. The van der Waals surface area contributed by atoms with Crippen LogP contribution in [0.2, 0.25) is 0 Å². The Morgan fingerprint density at radius 1 is 1.21 bits per heavy atom. The van der Waals surface area contributed by atoms with Gasteiger partial charge in [-0.1, -0.05) is 30.3 Å². The highest BCUT2D eigenvalue weighted by Gasteiger charge is 2.53. The van der Waals surface area contributed by atoms with E-state index < -0.39 is 29.8 Å². The lowest BCUT2D eigenvalue weighted by atomic mass is 9.79. The normalized spacial score (nSPS) is 22.8. The molecule has 0 radical (unpaired) electrons. The smallest absolute Gasteiger partial charge is 0.257 e. The minimum atomic E-state index is -2.86. The van der Waals surface area contributed by atoms with Gasteiger partial charge in [-0.05, 0) is 42.5 Å². The lowest BCUT2D eigenvalue weighted by molar-refractivity contribution is -0.149. The summed E-state index contributed by atoms with van der Waals surface area (Å²) in [5.41, 5.74) is 6.05.